The number of carbonyl (C=O) groups excluding carboxylic acids is 1. The molecule has 3 heteroatoms. The zero-order chi connectivity index (χ0) is 14.2. The van der Waals surface area contributed by atoms with Crippen molar-refractivity contribution in [2.75, 3.05) is 19.6 Å². The fourth-order valence-electron chi connectivity index (χ4n) is 4.44. The van der Waals surface area contributed by atoms with Crippen molar-refractivity contribution in [2.45, 2.75) is 44.1 Å². The number of aryl methyl sites for hydroxylation is 1. The van der Waals surface area contributed by atoms with E-state index in [1.807, 2.05) is 0 Å². The molecule has 0 aromatic heterocycles. The second-order valence-electron chi connectivity index (χ2n) is 6.90. The molecule has 3 saturated heterocycles. The Hall–Kier alpha value is -1.35. The molecule has 3 fully saturated rings. The smallest absolute Gasteiger partial charge is 0.227 e. The number of amides is 1. The summed E-state index contributed by atoms with van der Waals surface area (Å²) >= 11 is 0. The summed E-state index contributed by atoms with van der Waals surface area (Å²) in [6, 6.07) is 8.87. The topological polar surface area (TPSA) is 32.3 Å². The molecule has 0 radical (unpaired) electrons. The molecule has 2 bridgehead atoms. The average Bonchev–Trinajstić information content (AvgIpc) is 2.55. The summed E-state index contributed by atoms with van der Waals surface area (Å²) in [6.07, 6.45) is 5.78. The molecule has 112 valence electrons. The molecule has 1 aliphatic carbocycles. The van der Waals surface area contributed by atoms with E-state index in [2.05, 4.69) is 34.5 Å². The Labute approximate surface area is 126 Å². The lowest BCUT2D eigenvalue weighted by atomic mass is 9.80. The standard InChI is InChI=1S/C18H24N2O/c21-18(19-17-12-20-10-8-14(17)9-11-20)16-7-3-5-13-4-1-2-6-15(13)16/h1-2,4,6,14,16-17H,3,5,7-12H2,(H,19,21)/t16?,17-/m1/s1. The highest BCUT2D eigenvalue weighted by molar-refractivity contribution is 5.84. The molecule has 1 amide bonds. The molecule has 2 atom stereocenters. The maximum atomic E-state index is 12.8. The van der Waals surface area contributed by atoms with Crippen LogP contribution in [0.2, 0.25) is 0 Å². The largest absolute Gasteiger partial charge is 0.351 e. The van der Waals surface area contributed by atoms with Crippen molar-refractivity contribution in [3.05, 3.63) is 35.4 Å². The van der Waals surface area contributed by atoms with Gasteiger partial charge >= 0.3 is 0 Å². The van der Waals surface area contributed by atoms with Crippen LogP contribution in [0.4, 0.5) is 0 Å². The number of nitrogens with zero attached hydrogens (tertiary/aromatic N) is 1. The Bertz CT molecular complexity index is 534. The molecule has 3 aliphatic heterocycles. The molecular weight excluding hydrogens is 260 g/mol. The van der Waals surface area contributed by atoms with Crippen molar-refractivity contribution in [3.63, 3.8) is 0 Å². The Morgan fingerprint density at radius 1 is 1.14 bits per heavy atom. The first-order chi connectivity index (χ1) is 10.3. The van der Waals surface area contributed by atoms with Crippen LogP contribution in [0.15, 0.2) is 24.3 Å². The summed E-state index contributed by atoms with van der Waals surface area (Å²) in [5.74, 6) is 1.05. The monoisotopic (exact) mass is 284 g/mol. The third-order valence-corrected chi connectivity index (χ3v) is 5.67. The summed E-state index contributed by atoms with van der Waals surface area (Å²) in [6.45, 7) is 3.51. The normalized spacial score (nSPS) is 34.3. The minimum atomic E-state index is 0.0744. The zero-order valence-electron chi connectivity index (χ0n) is 12.6. The van der Waals surface area contributed by atoms with Crippen LogP contribution in [0.1, 0.15) is 42.7 Å². The van der Waals surface area contributed by atoms with Gasteiger partial charge in [-0.1, -0.05) is 24.3 Å². The quantitative estimate of drug-likeness (QED) is 0.904. The number of hydrogen-bond acceptors (Lipinski definition) is 2. The van der Waals surface area contributed by atoms with Crippen molar-refractivity contribution < 1.29 is 4.79 Å². The van der Waals surface area contributed by atoms with Crippen LogP contribution < -0.4 is 5.32 Å². The Kier molecular flexibility index (Phi) is 3.46. The number of carbonyl (C=O) groups is 1. The molecule has 5 rings (SSSR count). The number of rotatable bonds is 2. The summed E-state index contributed by atoms with van der Waals surface area (Å²) in [5, 5.41) is 3.38. The average molecular weight is 284 g/mol. The van der Waals surface area contributed by atoms with Gasteiger partial charge < -0.3 is 10.2 Å². The molecule has 4 aliphatic rings. The lowest BCUT2D eigenvalue weighted by molar-refractivity contribution is -0.125. The second-order valence-corrected chi connectivity index (χ2v) is 6.90. The number of piperidine rings is 3. The molecule has 1 aromatic carbocycles. The molecule has 3 nitrogen and oxygen atoms in total. The second kappa shape index (κ2) is 5.45. The minimum absolute atomic E-state index is 0.0744. The third-order valence-electron chi connectivity index (χ3n) is 5.67. The van der Waals surface area contributed by atoms with Crippen LogP contribution in [0.25, 0.3) is 0 Å². The van der Waals surface area contributed by atoms with Gasteiger partial charge in [0.25, 0.3) is 0 Å². The molecule has 1 aromatic rings. The van der Waals surface area contributed by atoms with E-state index in [1.54, 1.807) is 0 Å². The van der Waals surface area contributed by atoms with Crippen molar-refractivity contribution in [3.8, 4) is 0 Å². The first kappa shape index (κ1) is 13.3. The van der Waals surface area contributed by atoms with Crippen LogP contribution in [0, 0.1) is 5.92 Å². The van der Waals surface area contributed by atoms with E-state index < -0.39 is 0 Å². The van der Waals surface area contributed by atoms with Gasteiger partial charge in [0, 0.05) is 12.6 Å². The molecule has 3 heterocycles. The highest BCUT2D eigenvalue weighted by Gasteiger charge is 2.36. The number of nitrogens with one attached hydrogen (secondary N) is 1. The van der Waals surface area contributed by atoms with Crippen LogP contribution >= 0.6 is 0 Å². The van der Waals surface area contributed by atoms with E-state index in [0.29, 0.717) is 12.0 Å². The van der Waals surface area contributed by atoms with Gasteiger partial charge in [-0.25, -0.2) is 0 Å². The van der Waals surface area contributed by atoms with Gasteiger partial charge in [0.15, 0.2) is 0 Å². The summed E-state index contributed by atoms with van der Waals surface area (Å²) in [5.41, 5.74) is 2.64. The maximum absolute atomic E-state index is 12.8. The Balaban J connectivity index is 1.49. The van der Waals surface area contributed by atoms with Crippen LogP contribution in [0.5, 0.6) is 0 Å². The van der Waals surface area contributed by atoms with E-state index in [1.165, 1.54) is 37.1 Å². The predicted octanol–water partition coefficient (Wildman–Crippen LogP) is 2.32. The third kappa shape index (κ3) is 2.48. The summed E-state index contributed by atoms with van der Waals surface area (Å²) in [4.78, 5) is 15.3. The van der Waals surface area contributed by atoms with E-state index in [9.17, 15) is 4.79 Å². The molecule has 0 spiro atoms. The van der Waals surface area contributed by atoms with Gasteiger partial charge in [-0.05, 0) is 62.2 Å². The first-order valence-corrected chi connectivity index (χ1v) is 8.42. The van der Waals surface area contributed by atoms with E-state index in [4.69, 9.17) is 0 Å². The van der Waals surface area contributed by atoms with Crippen molar-refractivity contribution in [1.82, 2.24) is 10.2 Å². The number of benzene rings is 1. The van der Waals surface area contributed by atoms with E-state index in [0.717, 1.165) is 25.8 Å². The lowest BCUT2D eigenvalue weighted by Crippen LogP contribution is -2.57. The highest BCUT2D eigenvalue weighted by Crippen LogP contribution is 2.33. The van der Waals surface area contributed by atoms with Gasteiger partial charge in [-0.3, -0.25) is 4.79 Å². The molecule has 21 heavy (non-hydrogen) atoms. The van der Waals surface area contributed by atoms with Crippen LogP contribution in [0.3, 0.4) is 0 Å². The molecule has 1 unspecified atom stereocenters. The maximum Gasteiger partial charge on any atom is 0.227 e. The fourth-order valence-corrected chi connectivity index (χ4v) is 4.44. The lowest BCUT2D eigenvalue weighted by Gasteiger charge is -2.45. The van der Waals surface area contributed by atoms with Crippen molar-refractivity contribution in [2.24, 2.45) is 5.92 Å². The SMILES string of the molecule is O=C(N[C@@H]1CN2CCC1CC2)C1CCCc2ccccc21. The minimum Gasteiger partial charge on any atom is -0.351 e. The number of hydrogen-bond donors (Lipinski definition) is 1. The van der Waals surface area contributed by atoms with Crippen molar-refractivity contribution in [1.29, 1.82) is 0 Å². The summed E-state index contributed by atoms with van der Waals surface area (Å²) < 4.78 is 0. The predicted molar refractivity (Wildman–Crippen MR) is 83.2 cm³/mol. The molecule has 1 N–H and O–H groups in total. The highest BCUT2D eigenvalue weighted by atomic mass is 16.2. The fraction of sp³-hybridized carbons (Fsp3) is 0.611. The van der Waals surface area contributed by atoms with E-state index >= 15 is 0 Å². The summed E-state index contributed by atoms with van der Waals surface area (Å²) in [7, 11) is 0. The van der Waals surface area contributed by atoms with Crippen molar-refractivity contribution >= 4 is 5.91 Å². The Morgan fingerprint density at radius 3 is 2.71 bits per heavy atom. The van der Waals surface area contributed by atoms with Gasteiger partial charge in [-0.2, -0.15) is 0 Å². The Morgan fingerprint density at radius 2 is 1.95 bits per heavy atom. The zero-order valence-corrected chi connectivity index (χ0v) is 12.6. The van der Waals surface area contributed by atoms with Crippen LogP contribution in [-0.4, -0.2) is 36.5 Å². The van der Waals surface area contributed by atoms with E-state index in [-0.39, 0.29) is 11.8 Å². The first-order valence-electron chi connectivity index (χ1n) is 8.42. The van der Waals surface area contributed by atoms with Gasteiger partial charge in [0.1, 0.15) is 0 Å². The van der Waals surface area contributed by atoms with Crippen LogP contribution in [-0.2, 0) is 11.2 Å². The van der Waals surface area contributed by atoms with Gasteiger partial charge in [-0.15, -0.1) is 0 Å². The van der Waals surface area contributed by atoms with Gasteiger partial charge in [0.2, 0.25) is 5.91 Å². The number of fused-ring (bicyclic) bond motifs is 4. The molecule has 0 saturated carbocycles. The molecular formula is C18H24N2O. The van der Waals surface area contributed by atoms with Gasteiger partial charge in [0.05, 0.1) is 5.92 Å².